The van der Waals surface area contributed by atoms with Crippen molar-refractivity contribution < 1.29 is 18.7 Å². The smallest absolute Gasteiger partial charge is 0.263 e. The average molecular weight is 447 g/mol. The predicted octanol–water partition coefficient (Wildman–Crippen LogP) is 4.74. The van der Waals surface area contributed by atoms with Crippen LogP contribution in [0, 0.1) is 5.82 Å². The molecule has 1 saturated heterocycles. The summed E-state index contributed by atoms with van der Waals surface area (Å²) < 4.78 is 20.0. The van der Waals surface area contributed by atoms with Crippen LogP contribution in [-0.2, 0) is 4.79 Å². The molecule has 0 saturated carbocycles. The molecule has 5 nitrogen and oxygen atoms in total. The molecule has 0 radical (unpaired) electrons. The van der Waals surface area contributed by atoms with Crippen LogP contribution in [0.4, 0.5) is 4.39 Å². The fourth-order valence-corrected chi connectivity index (χ4v) is 3.89. The molecular weight excluding hydrogens is 419 g/mol. The molecule has 1 fully saturated rings. The van der Waals surface area contributed by atoms with Crippen molar-refractivity contribution in [1.29, 1.82) is 0 Å². The van der Waals surface area contributed by atoms with Crippen molar-refractivity contribution in [1.82, 2.24) is 9.80 Å². The Morgan fingerprint density at radius 1 is 0.968 bits per heavy atom. The molecule has 0 aromatic heterocycles. The van der Waals surface area contributed by atoms with Gasteiger partial charge in [-0.15, -0.1) is 0 Å². The van der Waals surface area contributed by atoms with Gasteiger partial charge in [-0.3, -0.25) is 9.59 Å². The first-order chi connectivity index (χ1) is 14.8. The van der Waals surface area contributed by atoms with E-state index in [0.717, 1.165) is 0 Å². The Hall–Kier alpha value is -2.60. The first-order valence-corrected chi connectivity index (χ1v) is 10.9. The summed E-state index contributed by atoms with van der Waals surface area (Å²) >= 11 is 6.04. The molecule has 2 aromatic rings. The molecule has 1 unspecified atom stereocenters. The second kappa shape index (κ2) is 10.1. The second-order valence-corrected chi connectivity index (χ2v) is 8.46. The highest BCUT2D eigenvalue weighted by atomic mass is 35.5. The summed E-state index contributed by atoms with van der Waals surface area (Å²) in [6.45, 7) is 7.57. The van der Waals surface area contributed by atoms with Gasteiger partial charge in [0, 0.05) is 26.2 Å². The molecule has 31 heavy (non-hydrogen) atoms. The van der Waals surface area contributed by atoms with Gasteiger partial charge in [-0.05, 0) is 49.1 Å². The zero-order chi connectivity index (χ0) is 22.5. The SMILES string of the molecule is CC(Oc1ccc(C(C)C)cc1)C(=O)N1CCCN(C(=O)c2c(F)cccc2Cl)CC1. The van der Waals surface area contributed by atoms with Crippen LogP contribution in [0.1, 0.15) is 49.0 Å². The summed E-state index contributed by atoms with van der Waals surface area (Å²) in [4.78, 5) is 28.9. The summed E-state index contributed by atoms with van der Waals surface area (Å²) in [7, 11) is 0. The van der Waals surface area contributed by atoms with E-state index in [0.29, 0.717) is 44.3 Å². The predicted molar refractivity (Wildman–Crippen MR) is 119 cm³/mol. The van der Waals surface area contributed by atoms with E-state index in [4.69, 9.17) is 16.3 Å². The minimum Gasteiger partial charge on any atom is -0.481 e. The Kier molecular flexibility index (Phi) is 7.55. The van der Waals surface area contributed by atoms with Gasteiger partial charge in [-0.2, -0.15) is 0 Å². The molecule has 0 spiro atoms. The molecule has 0 bridgehead atoms. The highest BCUT2D eigenvalue weighted by molar-refractivity contribution is 6.33. The maximum Gasteiger partial charge on any atom is 0.263 e. The molecule has 3 rings (SSSR count). The molecule has 0 aliphatic carbocycles. The van der Waals surface area contributed by atoms with E-state index >= 15 is 0 Å². The molecule has 166 valence electrons. The fourth-order valence-electron chi connectivity index (χ4n) is 3.64. The van der Waals surface area contributed by atoms with Gasteiger partial charge in [-0.25, -0.2) is 4.39 Å². The fraction of sp³-hybridized carbons (Fsp3) is 0.417. The van der Waals surface area contributed by atoms with E-state index in [1.54, 1.807) is 16.7 Å². The number of carbonyl (C=O) groups excluding carboxylic acids is 2. The number of halogens is 2. The monoisotopic (exact) mass is 446 g/mol. The maximum atomic E-state index is 14.1. The Morgan fingerprint density at radius 3 is 2.26 bits per heavy atom. The summed E-state index contributed by atoms with van der Waals surface area (Å²) in [5, 5.41) is 0.0905. The second-order valence-electron chi connectivity index (χ2n) is 8.05. The van der Waals surface area contributed by atoms with Crippen LogP contribution in [0.5, 0.6) is 5.75 Å². The van der Waals surface area contributed by atoms with Gasteiger partial charge in [0.05, 0.1) is 10.6 Å². The van der Waals surface area contributed by atoms with Gasteiger partial charge < -0.3 is 14.5 Å². The Bertz CT molecular complexity index is 913. The Labute approximate surface area is 187 Å². The summed E-state index contributed by atoms with van der Waals surface area (Å²) in [5.41, 5.74) is 1.09. The minimum atomic E-state index is -0.645. The van der Waals surface area contributed by atoms with Crippen molar-refractivity contribution in [2.75, 3.05) is 26.2 Å². The van der Waals surface area contributed by atoms with Crippen LogP contribution in [0.25, 0.3) is 0 Å². The zero-order valence-electron chi connectivity index (χ0n) is 18.1. The van der Waals surface area contributed by atoms with Crippen LogP contribution in [-0.4, -0.2) is 53.9 Å². The Morgan fingerprint density at radius 2 is 1.61 bits per heavy atom. The number of amides is 2. The lowest BCUT2D eigenvalue weighted by Crippen LogP contribution is -2.43. The average Bonchev–Trinajstić information content (AvgIpc) is 2.99. The highest BCUT2D eigenvalue weighted by Crippen LogP contribution is 2.22. The van der Waals surface area contributed by atoms with Gasteiger partial charge in [0.1, 0.15) is 11.6 Å². The van der Waals surface area contributed by atoms with Crippen molar-refractivity contribution >= 4 is 23.4 Å². The molecule has 1 heterocycles. The lowest BCUT2D eigenvalue weighted by Gasteiger charge is -2.25. The maximum absolute atomic E-state index is 14.1. The molecular formula is C24H28ClFN2O3. The summed E-state index contributed by atoms with van der Waals surface area (Å²) in [6.07, 6.45) is -0.0486. The normalized spacial score (nSPS) is 15.5. The molecule has 1 aliphatic heterocycles. The molecule has 7 heteroatoms. The number of hydrogen-bond acceptors (Lipinski definition) is 3. The number of ether oxygens (including phenoxy) is 1. The third-order valence-electron chi connectivity index (χ3n) is 5.48. The van der Waals surface area contributed by atoms with E-state index in [1.807, 2.05) is 24.3 Å². The third-order valence-corrected chi connectivity index (χ3v) is 5.79. The van der Waals surface area contributed by atoms with E-state index in [2.05, 4.69) is 13.8 Å². The first-order valence-electron chi connectivity index (χ1n) is 10.6. The van der Waals surface area contributed by atoms with Crippen molar-refractivity contribution in [2.24, 2.45) is 0 Å². The molecule has 2 amide bonds. The standard InChI is InChI=1S/C24H28ClFN2O3/c1-16(2)18-8-10-19(11-9-18)31-17(3)23(29)27-12-5-13-28(15-14-27)24(30)22-20(25)6-4-7-21(22)26/h4,6-11,16-17H,5,12-15H2,1-3H3. The quantitative estimate of drug-likeness (QED) is 0.666. The molecule has 1 aliphatic rings. The van der Waals surface area contributed by atoms with Gasteiger partial charge >= 0.3 is 0 Å². The summed E-state index contributed by atoms with van der Waals surface area (Å²) in [5.74, 6) is -0.153. The van der Waals surface area contributed by atoms with Crippen LogP contribution in [0.2, 0.25) is 5.02 Å². The van der Waals surface area contributed by atoms with Crippen molar-refractivity contribution in [3.63, 3.8) is 0 Å². The largest absolute Gasteiger partial charge is 0.481 e. The van der Waals surface area contributed by atoms with E-state index in [9.17, 15) is 14.0 Å². The molecule has 1 atom stereocenters. The zero-order valence-corrected chi connectivity index (χ0v) is 18.9. The van der Waals surface area contributed by atoms with E-state index in [-0.39, 0.29) is 16.5 Å². The van der Waals surface area contributed by atoms with Crippen LogP contribution >= 0.6 is 11.6 Å². The topological polar surface area (TPSA) is 49.9 Å². The van der Waals surface area contributed by atoms with Gasteiger partial charge in [-0.1, -0.05) is 43.6 Å². The lowest BCUT2D eigenvalue weighted by molar-refractivity contribution is -0.137. The molecule has 0 N–H and O–H groups in total. The number of hydrogen-bond donors (Lipinski definition) is 0. The minimum absolute atomic E-state index is 0.0905. The van der Waals surface area contributed by atoms with Gasteiger partial charge in [0.25, 0.3) is 11.8 Å². The first kappa shape index (κ1) is 23.1. The van der Waals surface area contributed by atoms with Crippen LogP contribution < -0.4 is 4.74 Å². The van der Waals surface area contributed by atoms with Crippen LogP contribution in [0.3, 0.4) is 0 Å². The molecule has 2 aromatic carbocycles. The lowest BCUT2D eigenvalue weighted by atomic mass is 10.0. The summed E-state index contributed by atoms with van der Waals surface area (Å²) in [6, 6.07) is 11.9. The van der Waals surface area contributed by atoms with E-state index < -0.39 is 17.8 Å². The van der Waals surface area contributed by atoms with Crippen molar-refractivity contribution in [3.05, 3.63) is 64.4 Å². The number of rotatable bonds is 5. The third kappa shape index (κ3) is 5.56. The van der Waals surface area contributed by atoms with Crippen molar-refractivity contribution in [2.45, 2.75) is 39.2 Å². The van der Waals surface area contributed by atoms with Gasteiger partial charge in [0.15, 0.2) is 6.10 Å². The van der Waals surface area contributed by atoms with Gasteiger partial charge in [0.2, 0.25) is 0 Å². The highest BCUT2D eigenvalue weighted by Gasteiger charge is 2.28. The van der Waals surface area contributed by atoms with E-state index in [1.165, 1.54) is 23.8 Å². The number of nitrogens with zero attached hydrogens (tertiary/aromatic N) is 2. The number of benzene rings is 2. The number of carbonyl (C=O) groups is 2. The van der Waals surface area contributed by atoms with Crippen LogP contribution in [0.15, 0.2) is 42.5 Å². The van der Waals surface area contributed by atoms with Crippen molar-refractivity contribution in [3.8, 4) is 5.75 Å². The Balaban J connectivity index is 1.60.